The lowest BCUT2D eigenvalue weighted by Crippen LogP contribution is -2.03. The fourth-order valence-corrected chi connectivity index (χ4v) is 2.69. The first kappa shape index (κ1) is 14.5. The number of hydrogen-bond acceptors (Lipinski definition) is 2. The monoisotopic (exact) mass is 387 g/mol. The molecule has 2 rings (SSSR count). The fourth-order valence-electron chi connectivity index (χ4n) is 1.77. The highest BCUT2D eigenvalue weighted by Crippen LogP contribution is 2.25. The van der Waals surface area contributed by atoms with Gasteiger partial charge in [-0.1, -0.05) is 29.8 Å². The normalized spacial score (nSPS) is 10.3. The van der Waals surface area contributed by atoms with Gasteiger partial charge in [0.2, 0.25) is 0 Å². The van der Waals surface area contributed by atoms with E-state index in [0.29, 0.717) is 13.2 Å². The number of anilines is 1. The van der Waals surface area contributed by atoms with E-state index >= 15 is 0 Å². The summed E-state index contributed by atoms with van der Waals surface area (Å²) in [6, 6.07) is 14.0. The Morgan fingerprint density at radius 1 is 1.21 bits per heavy atom. The topological polar surface area (TPSA) is 21.3 Å². The molecule has 0 spiro atoms. The number of halogens is 2. The Hall–Kier alpha value is -0.940. The molecule has 0 aliphatic carbocycles. The molecule has 2 aromatic rings. The molecule has 0 bridgehead atoms. The van der Waals surface area contributed by atoms with Gasteiger partial charge in [0.25, 0.3) is 0 Å². The third-order valence-corrected chi connectivity index (χ3v) is 3.66. The van der Waals surface area contributed by atoms with Crippen molar-refractivity contribution < 1.29 is 4.74 Å². The molecule has 0 aliphatic heterocycles. The molecular formula is C15H15ClINO. The van der Waals surface area contributed by atoms with Crippen LogP contribution in [0.5, 0.6) is 5.75 Å². The molecule has 1 N–H and O–H groups in total. The number of para-hydroxylation sites is 1. The molecule has 0 amide bonds. The van der Waals surface area contributed by atoms with Crippen molar-refractivity contribution in [2.24, 2.45) is 0 Å². The molecule has 100 valence electrons. The predicted molar refractivity (Wildman–Crippen MR) is 89.1 cm³/mol. The largest absolute Gasteiger partial charge is 0.494 e. The van der Waals surface area contributed by atoms with Crippen molar-refractivity contribution in [1.82, 2.24) is 0 Å². The second kappa shape index (κ2) is 7.01. The second-order valence-corrected chi connectivity index (χ2v) is 5.67. The highest BCUT2D eigenvalue weighted by molar-refractivity contribution is 14.1. The van der Waals surface area contributed by atoms with E-state index in [4.69, 9.17) is 16.3 Å². The standard InChI is InChI=1S/C15H15ClINO/c1-2-19-15-6-4-3-5-11(15)10-18-14-8-7-12(17)9-13(14)16/h3-9,18H,2,10H2,1H3. The molecule has 0 aliphatic rings. The van der Waals surface area contributed by atoms with Crippen molar-refractivity contribution in [2.45, 2.75) is 13.5 Å². The van der Waals surface area contributed by atoms with Gasteiger partial charge in [-0.05, 0) is 53.8 Å². The highest BCUT2D eigenvalue weighted by atomic mass is 127. The Bertz CT molecular complexity index is 560. The second-order valence-electron chi connectivity index (χ2n) is 4.02. The van der Waals surface area contributed by atoms with Crippen molar-refractivity contribution in [3.8, 4) is 5.75 Å². The Morgan fingerprint density at radius 3 is 2.74 bits per heavy atom. The summed E-state index contributed by atoms with van der Waals surface area (Å²) in [4.78, 5) is 0. The molecule has 4 heteroatoms. The molecule has 2 aromatic carbocycles. The van der Waals surface area contributed by atoms with Crippen molar-refractivity contribution in [3.63, 3.8) is 0 Å². The third-order valence-electron chi connectivity index (χ3n) is 2.67. The van der Waals surface area contributed by atoms with Gasteiger partial charge in [0, 0.05) is 15.7 Å². The van der Waals surface area contributed by atoms with E-state index in [-0.39, 0.29) is 0 Å². The molecule has 2 nitrogen and oxygen atoms in total. The maximum Gasteiger partial charge on any atom is 0.124 e. The summed E-state index contributed by atoms with van der Waals surface area (Å²) >= 11 is 8.44. The van der Waals surface area contributed by atoms with Gasteiger partial charge in [-0.15, -0.1) is 0 Å². The zero-order chi connectivity index (χ0) is 13.7. The highest BCUT2D eigenvalue weighted by Gasteiger charge is 2.04. The molecule has 0 heterocycles. The van der Waals surface area contributed by atoms with Crippen LogP contribution in [0.15, 0.2) is 42.5 Å². The van der Waals surface area contributed by atoms with Crippen molar-refractivity contribution in [2.75, 3.05) is 11.9 Å². The average Bonchev–Trinajstić information content (AvgIpc) is 2.40. The van der Waals surface area contributed by atoms with Crippen molar-refractivity contribution in [1.29, 1.82) is 0 Å². The van der Waals surface area contributed by atoms with Crippen LogP contribution in [0.3, 0.4) is 0 Å². The minimum atomic E-state index is 0.668. The lowest BCUT2D eigenvalue weighted by atomic mass is 10.2. The van der Waals surface area contributed by atoms with Crippen LogP contribution in [0.1, 0.15) is 12.5 Å². The molecule has 0 radical (unpaired) electrons. The molecule has 19 heavy (non-hydrogen) atoms. The number of ether oxygens (including phenoxy) is 1. The molecule has 0 aromatic heterocycles. The summed E-state index contributed by atoms with van der Waals surface area (Å²) in [6.45, 7) is 3.35. The van der Waals surface area contributed by atoms with Gasteiger partial charge in [-0.2, -0.15) is 0 Å². The van der Waals surface area contributed by atoms with Crippen molar-refractivity contribution >= 4 is 39.9 Å². The van der Waals surface area contributed by atoms with Crippen LogP contribution in [0, 0.1) is 3.57 Å². The molecule has 0 unspecified atom stereocenters. The zero-order valence-corrected chi connectivity index (χ0v) is 13.5. The van der Waals surface area contributed by atoms with E-state index in [9.17, 15) is 0 Å². The Morgan fingerprint density at radius 2 is 2.00 bits per heavy atom. The maximum atomic E-state index is 6.20. The minimum absolute atomic E-state index is 0.668. The molecule has 0 saturated heterocycles. The summed E-state index contributed by atoms with van der Waals surface area (Å²) in [6.07, 6.45) is 0. The number of nitrogens with one attached hydrogen (secondary N) is 1. The molecule has 0 fully saturated rings. The van der Waals surface area contributed by atoms with E-state index in [0.717, 1.165) is 25.6 Å². The van der Waals surface area contributed by atoms with Crippen molar-refractivity contribution in [3.05, 3.63) is 56.6 Å². The SMILES string of the molecule is CCOc1ccccc1CNc1ccc(I)cc1Cl. The van der Waals surface area contributed by atoms with E-state index in [2.05, 4.69) is 34.0 Å². The lowest BCUT2D eigenvalue weighted by molar-refractivity contribution is 0.337. The van der Waals surface area contributed by atoms with Gasteiger partial charge >= 0.3 is 0 Å². The first-order valence-electron chi connectivity index (χ1n) is 6.10. The lowest BCUT2D eigenvalue weighted by Gasteiger charge is -2.12. The van der Waals surface area contributed by atoms with Gasteiger partial charge in [-0.3, -0.25) is 0 Å². The quantitative estimate of drug-likeness (QED) is 0.733. The van der Waals surface area contributed by atoms with Crippen LogP contribution in [0.2, 0.25) is 5.02 Å². The van der Waals surface area contributed by atoms with Crippen LogP contribution in [0.4, 0.5) is 5.69 Å². The fraction of sp³-hybridized carbons (Fsp3) is 0.200. The van der Waals surface area contributed by atoms with Crippen LogP contribution in [0.25, 0.3) is 0 Å². The molecule has 0 atom stereocenters. The Kier molecular flexibility index (Phi) is 5.34. The van der Waals surface area contributed by atoms with Crippen LogP contribution >= 0.6 is 34.2 Å². The average molecular weight is 388 g/mol. The first-order chi connectivity index (χ1) is 9.20. The van der Waals surface area contributed by atoms with Crippen LogP contribution in [-0.2, 0) is 6.54 Å². The number of hydrogen-bond donors (Lipinski definition) is 1. The van der Waals surface area contributed by atoms with E-state index in [1.807, 2.05) is 43.3 Å². The van der Waals surface area contributed by atoms with Gasteiger partial charge < -0.3 is 10.1 Å². The Balaban J connectivity index is 2.10. The van der Waals surface area contributed by atoms with Gasteiger partial charge in [-0.25, -0.2) is 0 Å². The summed E-state index contributed by atoms with van der Waals surface area (Å²) in [7, 11) is 0. The smallest absolute Gasteiger partial charge is 0.124 e. The molecular weight excluding hydrogens is 373 g/mol. The maximum absolute atomic E-state index is 6.20. The van der Waals surface area contributed by atoms with E-state index < -0.39 is 0 Å². The van der Waals surface area contributed by atoms with Gasteiger partial charge in [0.15, 0.2) is 0 Å². The first-order valence-corrected chi connectivity index (χ1v) is 7.56. The van der Waals surface area contributed by atoms with Gasteiger partial charge in [0.1, 0.15) is 5.75 Å². The molecule has 0 saturated carbocycles. The van der Waals surface area contributed by atoms with E-state index in [1.165, 1.54) is 0 Å². The summed E-state index contributed by atoms with van der Waals surface area (Å²) in [5.74, 6) is 0.916. The van der Waals surface area contributed by atoms with Crippen LogP contribution < -0.4 is 10.1 Å². The third kappa shape index (κ3) is 4.01. The summed E-state index contributed by atoms with van der Waals surface area (Å²) in [5.41, 5.74) is 2.06. The number of benzene rings is 2. The van der Waals surface area contributed by atoms with Gasteiger partial charge in [0.05, 0.1) is 17.3 Å². The predicted octanol–water partition coefficient (Wildman–Crippen LogP) is 4.96. The zero-order valence-electron chi connectivity index (χ0n) is 10.6. The van der Waals surface area contributed by atoms with E-state index in [1.54, 1.807) is 0 Å². The minimum Gasteiger partial charge on any atom is -0.494 e. The Labute approximate surface area is 132 Å². The summed E-state index contributed by atoms with van der Waals surface area (Å²) < 4.78 is 6.73. The van der Waals surface area contributed by atoms with Crippen LogP contribution in [-0.4, -0.2) is 6.61 Å². The number of rotatable bonds is 5. The summed E-state index contributed by atoms with van der Waals surface area (Å²) in [5, 5.41) is 4.08.